The van der Waals surface area contributed by atoms with Crippen LogP contribution in [0.1, 0.15) is 28.8 Å². The van der Waals surface area contributed by atoms with Crippen molar-refractivity contribution in [1.29, 1.82) is 0 Å². The van der Waals surface area contributed by atoms with Crippen LogP contribution in [0.3, 0.4) is 0 Å². The molecule has 0 radical (unpaired) electrons. The van der Waals surface area contributed by atoms with Crippen LogP contribution in [0.2, 0.25) is 5.02 Å². The van der Waals surface area contributed by atoms with Crippen LogP contribution >= 0.6 is 11.6 Å². The van der Waals surface area contributed by atoms with Crippen molar-refractivity contribution in [2.75, 3.05) is 6.54 Å². The van der Waals surface area contributed by atoms with E-state index in [1.165, 1.54) is 0 Å². The average molecular weight is 344 g/mol. The predicted molar refractivity (Wildman–Crippen MR) is 92.3 cm³/mol. The van der Waals surface area contributed by atoms with E-state index >= 15 is 0 Å². The Morgan fingerprint density at radius 2 is 2.21 bits per heavy atom. The topological polar surface area (TPSA) is 77.2 Å². The number of nitrogens with zero attached hydrogens (tertiary/aromatic N) is 1. The second-order valence-corrected chi connectivity index (χ2v) is 6.74. The van der Waals surface area contributed by atoms with Gasteiger partial charge in [0, 0.05) is 46.9 Å². The number of hydrogen-bond donors (Lipinski definition) is 2. The molecule has 1 amide bonds. The highest BCUT2D eigenvalue weighted by Crippen LogP contribution is 2.40. The maximum absolute atomic E-state index is 12.3. The first-order valence-corrected chi connectivity index (χ1v) is 8.48. The second-order valence-electron chi connectivity index (χ2n) is 6.30. The van der Waals surface area contributed by atoms with E-state index < -0.39 is 0 Å². The first-order chi connectivity index (χ1) is 11.6. The van der Waals surface area contributed by atoms with Gasteiger partial charge >= 0.3 is 0 Å². The number of rotatable bonds is 4. The monoisotopic (exact) mass is 343 g/mol. The van der Waals surface area contributed by atoms with Crippen LogP contribution in [0.4, 0.5) is 0 Å². The van der Waals surface area contributed by atoms with E-state index in [0.717, 1.165) is 36.1 Å². The molecule has 1 aromatic heterocycles. The number of amides is 1. The van der Waals surface area contributed by atoms with Crippen LogP contribution in [0.25, 0.3) is 11.3 Å². The summed E-state index contributed by atoms with van der Waals surface area (Å²) in [5, 5.41) is 3.61. The number of halogens is 1. The fourth-order valence-electron chi connectivity index (χ4n) is 2.93. The van der Waals surface area contributed by atoms with Crippen molar-refractivity contribution in [3.63, 3.8) is 0 Å². The van der Waals surface area contributed by atoms with Crippen LogP contribution < -0.4 is 15.8 Å². The molecule has 1 saturated carbocycles. The Kier molecular flexibility index (Phi) is 3.90. The SMILES string of the molecule is NC[C@@H]1Cc2cc(Cl)cc(-c3cc(C(=O)NC4CC4)ccn3)c2O1. The Morgan fingerprint density at radius 3 is 2.96 bits per heavy atom. The molecule has 0 spiro atoms. The Balaban J connectivity index is 1.70. The van der Waals surface area contributed by atoms with Crippen molar-refractivity contribution in [1.82, 2.24) is 10.3 Å². The highest BCUT2D eigenvalue weighted by molar-refractivity contribution is 6.31. The van der Waals surface area contributed by atoms with Gasteiger partial charge in [0.2, 0.25) is 0 Å². The highest BCUT2D eigenvalue weighted by atomic mass is 35.5. The molecule has 2 aliphatic rings. The van der Waals surface area contributed by atoms with Gasteiger partial charge in [-0.25, -0.2) is 0 Å². The summed E-state index contributed by atoms with van der Waals surface area (Å²) in [6, 6.07) is 7.54. The lowest BCUT2D eigenvalue weighted by Crippen LogP contribution is -2.25. The van der Waals surface area contributed by atoms with Gasteiger partial charge in [-0.3, -0.25) is 9.78 Å². The molecule has 3 N–H and O–H groups in total. The van der Waals surface area contributed by atoms with E-state index in [2.05, 4.69) is 10.3 Å². The summed E-state index contributed by atoms with van der Waals surface area (Å²) in [5.74, 6) is 0.697. The molecule has 124 valence electrons. The lowest BCUT2D eigenvalue weighted by Gasteiger charge is -2.12. The van der Waals surface area contributed by atoms with Crippen molar-refractivity contribution < 1.29 is 9.53 Å². The number of carbonyl (C=O) groups is 1. The molecule has 2 aromatic rings. The number of nitrogens with two attached hydrogens (primary N) is 1. The molecule has 4 rings (SSSR count). The molecular formula is C18H18ClN3O2. The van der Waals surface area contributed by atoms with Gasteiger partial charge in [0.05, 0.1) is 5.69 Å². The molecule has 2 heterocycles. The van der Waals surface area contributed by atoms with E-state index in [9.17, 15) is 4.79 Å². The Morgan fingerprint density at radius 1 is 1.38 bits per heavy atom. The molecule has 5 nitrogen and oxygen atoms in total. The summed E-state index contributed by atoms with van der Waals surface area (Å²) in [4.78, 5) is 16.7. The normalized spacial score (nSPS) is 18.8. The smallest absolute Gasteiger partial charge is 0.251 e. The van der Waals surface area contributed by atoms with Crippen molar-refractivity contribution >= 4 is 17.5 Å². The molecule has 6 heteroatoms. The summed E-state index contributed by atoms with van der Waals surface area (Å²) in [6.07, 6.45) is 4.44. The molecular weight excluding hydrogens is 326 g/mol. The number of nitrogens with one attached hydrogen (secondary N) is 1. The largest absolute Gasteiger partial charge is 0.488 e. The van der Waals surface area contributed by atoms with Gasteiger partial charge in [-0.2, -0.15) is 0 Å². The van der Waals surface area contributed by atoms with Gasteiger partial charge in [-0.15, -0.1) is 0 Å². The van der Waals surface area contributed by atoms with Gasteiger partial charge < -0.3 is 15.8 Å². The third-order valence-electron chi connectivity index (χ3n) is 4.34. The van der Waals surface area contributed by atoms with E-state index in [0.29, 0.717) is 28.9 Å². The summed E-state index contributed by atoms with van der Waals surface area (Å²) >= 11 is 6.25. The average Bonchev–Trinajstić information content (AvgIpc) is 3.30. The zero-order valence-corrected chi connectivity index (χ0v) is 13.8. The van der Waals surface area contributed by atoms with Gasteiger partial charge in [-0.05, 0) is 37.1 Å². The standard InChI is InChI=1S/C18H18ClN3O2/c19-12-5-11-6-14(9-20)24-17(11)15(8-12)16-7-10(3-4-21-16)18(23)22-13-1-2-13/h3-5,7-8,13-14H,1-2,6,9,20H2,(H,22,23)/t14-/m0/s1. The lowest BCUT2D eigenvalue weighted by molar-refractivity contribution is 0.0951. The Labute approximate surface area is 145 Å². The number of benzene rings is 1. The third-order valence-corrected chi connectivity index (χ3v) is 4.55. The number of fused-ring (bicyclic) bond motifs is 1. The van der Waals surface area contributed by atoms with Crippen molar-refractivity contribution in [3.8, 4) is 17.0 Å². The number of hydrogen-bond acceptors (Lipinski definition) is 4. The summed E-state index contributed by atoms with van der Waals surface area (Å²) in [7, 11) is 0. The van der Waals surface area contributed by atoms with E-state index in [-0.39, 0.29) is 12.0 Å². The first-order valence-electron chi connectivity index (χ1n) is 8.10. The Bertz CT molecular complexity index is 805. The second kappa shape index (κ2) is 6.07. The zero-order valence-electron chi connectivity index (χ0n) is 13.1. The molecule has 0 bridgehead atoms. The number of aromatic nitrogens is 1. The summed E-state index contributed by atoms with van der Waals surface area (Å²) < 4.78 is 5.95. The van der Waals surface area contributed by atoms with E-state index in [4.69, 9.17) is 22.1 Å². The zero-order chi connectivity index (χ0) is 16.7. The third kappa shape index (κ3) is 2.97. The van der Waals surface area contributed by atoms with Gasteiger partial charge in [-0.1, -0.05) is 11.6 Å². The van der Waals surface area contributed by atoms with Gasteiger partial charge in [0.25, 0.3) is 5.91 Å². The fraction of sp³-hybridized carbons (Fsp3) is 0.333. The van der Waals surface area contributed by atoms with Crippen molar-refractivity contribution in [2.24, 2.45) is 5.73 Å². The van der Waals surface area contributed by atoms with Gasteiger partial charge in [0.1, 0.15) is 11.9 Å². The van der Waals surface area contributed by atoms with Crippen LogP contribution in [0.15, 0.2) is 30.5 Å². The first kappa shape index (κ1) is 15.4. The van der Waals surface area contributed by atoms with E-state index in [1.54, 1.807) is 18.3 Å². The minimum atomic E-state index is -0.0689. The Hall–Kier alpha value is -2.11. The quantitative estimate of drug-likeness (QED) is 0.894. The minimum absolute atomic E-state index is 0.0430. The van der Waals surface area contributed by atoms with Crippen LogP contribution in [0.5, 0.6) is 5.75 Å². The molecule has 0 unspecified atom stereocenters. The molecule has 1 fully saturated rings. The maximum atomic E-state index is 12.3. The molecule has 0 saturated heterocycles. The fourth-order valence-corrected chi connectivity index (χ4v) is 3.17. The molecule has 1 aromatic carbocycles. The predicted octanol–water partition coefficient (Wildman–Crippen LogP) is 2.56. The molecule has 1 aliphatic carbocycles. The summed E-state index contributed by atoms with van der Waals surface area (Å²) in [5.41, 5.74) is 8.83. The minimum Gasteiger partial charge on any atom is -0.488 e. The van der Waals surface area contributed by atoms with Crippen molar-refractivity contribution in [3.05, 3.63) is 46.6 Å². The molecule has 24 heavy (non-hydrogen) atoms. The maximum Gasteiger partial charge on any atom is 0.251 e. The van der Waals surface area contributed by atoms with Crippen molar-refractivity contribution in [2.45, 2.75) is 31.4 Å². The number of pyridine rings is 1. The highest BCUT2D eigenvalue weighted by Gasteiger charge is 2.27. The van der Waals surface area contributed by atoms with Gasteiger partial charge in [0.15, 0.2) is 0 Å². The molecule has 1 atom stereocenters. The summed E-state index contributed by atoms with van der Waals surface area (Å²) in [6.45, 7) is 0.447. The molecule has 1 aliphatic heterocycles. The van der Waals surface area contributed by atoms with Crippen LogP contribution in [0, 0.1) is 0 Å². The van der Waals surface area contributed by atoms with Crippen LogP contribution in [-0.2, 0) is 6.42 Å². The number of carbonyl (C=O) groups excluding carboxylic acids is 1. The van der Waals surface area contributed by atoms with Crippen LogP contribution in [-0.4, -0.2) is 29.6 Å². The number of ether oxygens (including phenoxy) is 1. The lowest BCUT2D eigenvalue weighted by atomic mass is 10.0. The van der Waals surface area contributed by atoms with E-state index in [1.807, 2.05) is 12.1 Å².